The van der Waals surface area contributed by atoms with Crippen molar-refractivity contribution in [2.75, 3.05) is 26.2 Å². The van der Waals surface area contributed by atoms with Gasteiger partial charge in [-0.05, 0) is 37.0 Å². The van der Waals surface area contributed by atoms with Crippen molar-refractivity contribution in [3.05, 3.63) is 34.9 Å². The highest BCUT2D eigenvalue weighted by atomic mass is 16.2. The van der Waals surface area contributed by atoms with Gasteiger partial charge in [-0.1, -0.05) is 25.1 Å². The Balaban J connectivity index is 2.18. The van der Waals surface area contributed by atoms with Gasteiger partial charge >= 0.3 is 0 Å². The van der Waals surface area contributed by atoms with Crippen LogP contribution in [0.5, 0.6) is 0 Å². The minimum atomic E-state index is 0.0115. The molecule has 104 valence electrons. The maximum absolute atomic E-state index is 12.6. The third-order valence-electron chi connectivity index (χ3n) is 4.07. The zero-order valence-electron chi connectivity index (χ0n) is 12.2. The Morgan fingerprint density at radius 3 is 2.53 bits per heavy atom. The Kier molecular flexibility index (Phi) is 4.59. The Morgan fingerprint density at radius 1 is 1.26 bits per heavy atom. The average molecular weight is 260 g/mol. The van der Waals surface area contributed by atoms with Crippen molar-refractivity contribution in [3.63, 3.8) is 0 Å². The van der Waals surface area contributed by atoms with Gasteiger partial charge < -0.3 is 10.2 Å². The van der Waals surface area contributed by atoms with E-state index in [-0.39, 0.29) is 11.8 Å². The molecule has 3 nitrogen and oxygen atoms in total. The number of carbonyl (C=O) groups excluding carboxylic acids is 1. The predicted octanol–water partition coefficient (Wildman–Crippen LogP) is 2.23. The molecule has 19 heavy (non-hydrogen) atoms. The summed E-state index contributed by atoms with van der Waals surface area (Å²) in [5, 5.41) is 3.29. The van der Waals surface area contributed by atoms with E-state index in [1.165, 1.54) is 11.1 Å². The third kappa shape index (κ3) is 3.16. The summed E-state index contributed by atoms with van der Waals surface area (Å²) in [7, 11) is 0. The largest absolute Gasteiger partial charge is 0.340 e. The number of rotatable bonds is 3. The summed E-state index contributed by atoms with van der Waals surface area (Å²) in [5.74, 6) is 0.296. The van der Waals surface area contributed by atoms with Crippen LogP contribution < -0.4 is 5.32 Å². The first kappa shape index (κ1) is 14.1. The monoisotopic (exact) mass is 260 g/mol. The molecular weight excluding hydrogens is 236 g/mol. The molecule has 1 atom stereocenters. The molecule has 1 saturated heterocycles. The average Bonchev–Trinajstić information content (AvgIpc) is 2.44. The van der Waals surface area contributed by atoms with Crippen molar-refractivity contribution in [3.8, 4) is 0 Å². The van der Waals surface area contributed by atoms with Gasteiger partial charge in [0, 0.05) is 26.2 Å². The van der Waals surface area contributed by atoms with Gasteiger partial charge in [0.2, 0.25) is 5.91 Å². The summed E-state index contributed by atoms with van der Waals surface area (Å²) >= 11 is 0. The van der Waals surface area contributed by atoms with Crippen molar-refractivity contribution in [1.29, 1.82) is 0 Å². The highest BCUT2D eigenvalue weighted by Gasteiger charge is 2.25. The van der Waals surface area contributed by atoms with E-state index in [2.05, 4.69) is 44.3 Å². The maximum Gasteiger partial charge on any atom is 0.230 e. The Bertz CT molecular complexity index is 450. The van der Waals surface area contributed by atoms with Crippen LogP contribution in [0.4, 0.5) is 0 Å². The highest BCUT2D eigenvalue weighted by molar-refractivity contribution is 5.84. The van der Waals surface area contributed by atoms with Gasteiger partial charge in [-0.2, -0.15) is 0 Å². The van der Waals surface area contributed by atoms with Gasteiger partial charge in [0.25, 0.3) is 0 Å². The smallest absolute Gasteiger partial charge is 0.230 e. The van der Waals surface area contributed by atoms with Gasteiger partial charge in [0.05, 0.1) is 5.92 Å². The van der Waals surface area contributed by atoms with Crippen LogP contribution >= 0.6 is 0 Å². The van der Waals surface area contributed by atoms with Crippen molar-refractivity contribution in [2.45, 2.75) is 33.1 Å². The summed E-state index contributed by atoms with van der Waals surface area (Å²) in [5.41, 5.74) is 3.71. The van der Waals surface area contributed by atoms with Gasteiger partial charge in [0.15, 0.2) is 0 Å². The second kappa shape index (κ2) is 6.20. The SMILES string of the molecule is CCC(C(=O)N1CCNCC1)c1ccc(C)c(C)c1. The number of amides is 1. The molecule has 1 aliphatic rings. The number of nitrogens with one attached hydrogen (secondary N) is 1. The fraction of sp³-hybridized carbons (Fsp3) is 0.562. The lowest BCUT2D eigenvalue weighted by Crippen LogP contribution is -2.48. The Labute approximate surface area is 116 Å². The molecule has 2 rings (SSSR count). The van der Waals surface area contributed by atoms with Crippen molar-refractivity contribution in [1.82, 2.24) is 10.2 Å². The maximum atomic E-state index is 12.6. The zero-order chi connectivity index (χ0) is 13.8. The van der Waals surface area contributed by atoms with Crippen LogP contribution in [0.3, 0.4) is 0 Å². The normalized spacial score (nSPS) is 17.3. The molecule has 1 amide bonds. The quantitative estimate of drug-likeness (QED) is 0.904. The second-order valence-electron chi connectivity index (χ2n) is 5.38. The number of aryl methyl sites for hydroxylation is 2. The number of hydrogen-bond donors (Lipinski definition) is 1. The molecule has 0 aliphatic carbocycles. The Hall–Kier alpha value is -1.35. The van der Waals surface area contributed by atoms with Gasteiger partial charge in [0.1, 0.15) is 0 Å². The molecule has 1 aliphatic heterocycles. The molecule has 0 spiro atoms. The van der Waals surface area contributed by atoms with Crippen LogP contribution in [-0.2, 0) is 4.79 Å². The van der Waals surface area contributed by atoms with E-state index in [1.54, 1.807) is 0 Å². The fourth-order valence-electron chi connectivity index (χ4n) is 2.64. The number of benzene rings is 1. The summed E-state index contributed by atoms with van der Waals surface area (Å²) in [6.45, 7) is 9.81. The molecule has 0 radical (unpaired) electrons. The number of nitrogens with zero attached hydrogens (tertiary/aromatic N) is 1. The van der Waals surface area contributed by atoms with E-state index in [1.807, 2.05) is 4.90 Å². The summed E-state index contributed by atoms with van der Waals surface area (Å²) in [6.07, 6.45) is 0.866. The van der Waals surface area contributed by atoms with Crippen LogP contribution in [0, 0.1) is 13.8 Å². The van der Waals surface area contributed by atoms with E-state index >= 15 is 0 Å². The molecule has 1 unspecified atom stereocenters. The zero-order valence-corrected chi connectivity index (χ0v) is 12.2. The lowest BCUT2D eigenvalue weighted by atomic mass is 9.92. The molecule has 1 aromatic carbocycles. The first-order chi connectivity index (χ1) is 9.13. The van der Waals surface area contributed by atoms with Gasteiger partial charge in [-0.15, -0.1) is 0 Å². The first-order valence-electron chi connectivity index (χ1n) is 7.20. The van der Waals surface area contributed by atoms with Crippen molar-refractivity contribution in [2.24, 2.45) is 0 Å². The Morgan fingerprint density at radius 2 is 1.95 bits per heavy atom. The van der Waals surface area contributed by atoms with E-state index < -0.39 is 0 Å². The van der Waals surface area contributed by atoms with Gasteiger partial charge in [-0.25, -0.2) is 0 Å². The third-order valence-corrected chi connectivity index (χ3v) is 4.07. The number of piperazine rings is 1. The van der Waals surface area contributed by atoms with E-state index in [0.29, 0.717) is 0 Å². The topological polar surface area (TPSA) is 32.3 Å². The fourth-order valence-corrected chi connectivity index (χ4v) is 2.64. The van der Waals surface area contributed by atoms with Gasteiger partial charge in [-0.3, -0.25) is 4.79 Å². The molecular formula is C16H24N2O. The number of hydrogen-bond acceptors (Lipinski definition) is 2. The van der Waals surface area contributed by atoms with E-state index in [4.69, 9.17) is 0 Å². The molecule has 1 fully saturated rings. The molecule has 0 bridgehead atoms. The van der Waals surface area contributed by atoms with Crippen LogP contribution in [0.2, 0.25) is 0 Å². The van der Waals surface area contributed by atoms with Crippen LogP contribution in [0.15, 0.2) is 18.2 Å². The lowest BCUT2D eigenvalue weighted by Gasteiger charge is -2.31. The predicted molar refractivity (Wildman–Crippen MR) is 78.4 cm³/mol. The number of carbonyl (C=O) groups is 1. The van der Waals surface area contributed by atoms with E-state index in [0.717, 1.165) is 38.2 Å². The van der Waals surface area contributed by atoms with Crippen LogP contribution in [-0.4, -0.2) is 37.0 Å². The molecule has 1 N–H and O–H groups in total. The summed E-state index contributed by atoms with van der Waals surface area (Å²) in [6, 6.07) is 6.40. The minimum Gasteiger partial charge on any atom is -0.340 e. The van der Waals surface area contributed by atoms with E-state index in [9.17, 15) is 4.79 Å². The van der Waals surface area contributed by atoms with Crippen molar-refractivity contribution < 1.29 is 4.79 Å². The lowest BCUT2D eigenvalue weighted by molar-refractivity contribution is -0.133. The molecule has 3 heteroatoms. The molecule has 1 heterocycles. The molecule has 0 aromatic heterocycles. The van der Waals surface area contributed by atoms with Crippen LogP contribution in [0.1, 0.15) is 36.0 Å². The summed E-state index contributed by atoms with van der Waals surface area (Å²) in [4.78, 5) is 14.6. The minimum absolute atomic E-state index is 0.0115. The standard InChI is InChI=1S/C16H24N2O/c1-4-15(14-6-5-12(2)13(3)11-14)16(19)18-9-7-17-8-10-18/h5-6,11,15,17H,4,7-10H2,1-3H3. The first-order valence-corrected chi connectivity index (χ1v) is 7.20. The second-order valence-corrected chi connectivity index (χ2v) is 5.38. The van der Waals surface area contributed by atoms with Crippen molar-refractivity contribution >= 4 is 5.91 Å². The highest BCUT2D eigenvalue weighted by Crippen LogP contribution is 2.24. The molecule has 0 saturated carbocycles. The summed E-state index contributed by atoms with van der Waals surface area (Å²) < 4.78 is 0. The van der Waals surface area contributed by atoms with Crippen LogP contribution in [0.25, 0.3) is 0 Å². The molecule has 1 aromatic rings.